The van der Waals surface area contributed by atoms with Crippen LogP contribution in [-0.2, 0) is 0 Å². The van der Waals surface area contributed by atoms with Gasteiger partial charge in [0.15, 0.2) is 0 Å². The van der Waals surface area contributed by atoms with Gasteiger partial charge in [0.1, 0.15) is 5.75 Å². The largest absolute Gasteiger partial charge is 0.496 e. The molecular weight excluding hydrogens is 338 g/mol. The Balaban J connectivity index is 2.44. The highest BCUT2D eigenvalue weighted by atomic mass is 79.9. The molecule has 2 rings (SSSR count). The Morgan fingerprint density at radius 3 is 2.45 bits per heavy atom. The lowest BCUT2D eigenvalue weighted by Gasteiger charge is -2.19. The number of benzene rings is 2. The molecule has 1 atom stereocenters. The average molecular weight is 355 g/mol. The van der Waals surface area contributed by atoms with E-state index in [9.17, 15) is 0 Å². The van der Waals surface area contributed by atoms with Gasteiger partial charge in [-0.25, -0.2) is 0 Å². The molecule has 0 spiro atoms. The minimum absolute atomic E-state index is 0.0922. The number of hydrogen-bond donors (Lipinski definition) is 1. The summed E-state index contributed by atoms with van der Waals surface area (Å²) in [6.07, 6.45) is 0. The van der Waals surface area contributed by atoms with Crippen molar-refractivity contribution in [2.24, 2.45) is 0 Å². The second kappa shape index (κ2) is 6.61. The fraction of sp³-hybridized carbons (Fsp3) is 0.250. The van der Waals surface area contributed by atoms with E-state index in [0.717, 1.165) is 31.9 Å². The Kier molecular flexibility index (Phi) is 5.08. The highest BCUT2D eigenvalue weighted by Crippen LogP contribution is 2.31. The van der Waals surface area contributed by atoms with Gasteiger partial charge in [-0.1, -0.05) is 23.7 Å². The molecule has 0 aliphatic carbocycles. The highest BCUT2D eigenvalue weighted by Gasteiger charge is 2.14. The first-order chi connectivity index (χ1) is 9.55. The number of ether oxygens (including phenoxy) is 1. The van der Waals surface area contributed by atoms with Crippen LogP contribution in [-0.4, -0.2) is 14.2 Å². The van der Waals surface area contributed by atoms with E-state index in [-0.39, 0.29) is 6.04 Å². The van der Waals surface area contributed by atoms with Gasteiger partial charge in [0.25, 0.3) is 0 Å². The lowest BCUT2D eigenvalue weighted by molar-refractivity contribution is 0.412. The Hall–Kier alpha value is -1.03. The van der Waals surface area contributed by atoms with E-state index in [0.29, 0.717) is 0 Å². The van der Waals surface area contributed by atoms with E-state index in [1.165, 1.54) is 0 Å². The van der Waals surface area contributed by atoms with E-state index in [1.807, 2.05) is 32.2 Å². The standard InChI is InChI=1S/C16H17BrClNO/c1-10-6-12(8-13(18)7-10)16(19-2)11-4-5-15(20-3)14(17)9-11/h4-9,16,19H,1-3H3. The molecule has 2 aromatic carbocycles. The first kappa shape index (κ1) is 15.4. The minimum atomic E-state index is 0.0922. The maximum atomic E-state index is 6.16. The van der Waals surface area contributed by atoms with Crippen LogP contribution >= 0.6 is 27.5 Å². The minimum Gasteiger partial charge on any atom is -0.496 e. The third kappa shape index (κ3) is 3.35. The molecule has 0 radical (unpaired) electrons. The summed E-state index contributed by atoms with van der Waals surface area (Å²) in [5.41, 5.74) is 3.46. The van der Waals surface area contributed by atoms with Crippen molar-refractivity contribution in [2.45, 2.75) is 13.0 Å². The summed E-state index contributed by atoms with van der Waals surface area (Å²) in [4.78, 5) is 0. The van der Waals surface area contributed by atoms with Crippen LogP contribution in [0.25, 0.3) is 0 Å². The van der Waals surface area contributed by atoms with Gasteiger partial charge in [0.05, 0.1) is 17.6 Å². The molecule has 106 valence electrons. The summed E-state index contributed by atoms with van der Waals surface area (Å²) in [5, 5.41) is 4.09. The van der Waals surface area contributed by atoms with Crippen LogP contribution < -0.4 is 10.1 Å². The van der Waals surface area contributed by atoms with Gasteiger partial charge in [0, 0.05) is 5.02 Å². The molecule has 4 heteroatoms. The molecular formula is C16H17BrClNO. The topological polar surface area (TPSA) is 21.3 Å². The number of methoxy groups -OCH3 is 1. The van der Waals surface area contributed by atoms with Crippen molar-refractivity contribution in [3.05, 3.63) is 62.6 Å². The summed E-state index contributed by atoms with van der Waals surface area (Å²) in [6.45, 7) is 2.05. The molecule has 0 aliphatic rings. The molecule has 20 heavy (non-hydrogen) atoms. The molecule has 0 aromatic heterocycles. The van der Waals surface area contributed by atoms with Gasteiger partial charge in [-0.15, -0.1) is 0 Å². The maximum absolute atomic E-state index is 6.16. The first-order valence-corrected chi connectivity index (χ1v) is 7.50. The van der Waals surface area contributed by atoms with Crippen LogP contribution in [0.1, 0.15) is 22.7 Å². The summed E-state index contributed by atoms with van der Waals surface area (Å²) in [5.74, 6) is 0.825. The van der Waals surface area contributed by atoms with Crippen LogP contribution in [0.5, 0.6) is 5.75 Å². The molecule has 0 bridgehead atoms. The van der Waals surface area contributed by atoms with Crippen molar-refractivity contribution in [3.63, 3.8) is 0 Å². The van der Waals surface area contributed by atoms with Crippen LogP contribution in [0.3, 0.4) is 0 Å². The third-order valence-electron chi connectivity index (χ3n) is 3.20. The van der Waals surface area contributed by atoms with E-state index >= 15 is 0 Å². The van der Waals surface area contributed by atoms with E-state index < -0.39 is 0 Å². The Bertz CT molecular complexity index is 595. The van der Waals surface area contributed by atoms with Crippen LogP contribution in [0, 0.1) is 6.92 Å². The molecule has 2 aromatic rings. The SMILES string of the molecule is CNC(c1cc(C)cc(Cl)c1)c1ccc(OC)c(Br)c1. The van der Waals surface area contributed by atoms with Gasteiger partial charge in [0.2, 0.25) is 0 Å². The number of rotatable bonds is 4. The fourth-order valence-electron chi connectivity index (χ4n) is 2.32. The van der Waals surface area contributed by atoms with Crippen LogP contribution in [0.2, 0.25) is 5.02 Å². The zero-order valence-corrected chi connectivity index (χ0v) is 14.0. The Morgan fingerprint density at radius 2 is 1.90 bits per heavy atom. The number of halogens is 2. The first-order valence-electron chi connectivity index (χ1n) is 6.33. The quantitative estimate of drug-likeness (QED) is 0.857. The number of nitrogens with one attached hydrogen (secondary N) is 1. The van der Waals surface area contributed by atoms with Crippen molar-refractivity contribution in [1.29, 1.82) is 0 Å². The smallest absolute Gasteiger partial charge is 0.133 e. The third-order valence-corrected chi connectivity index (χ3v) is 4.03. The molecule has 0 aliphatic heterocycles. The van der Waals surface area contributed by atoms with Crippen LogP contribution in [0.15, 0.2) is 40.9 Å². The monoisotopic (exact) mass is 353 g/mol. The summed E-state index contributed by atoms with van der Waals surface area (Å²) in [7, 11) is 3.61. The van der Waals surface area contributed by atoms with Gasteiger partial charge in [-0.2, -0.15) is 0 Å². The maximum Gasteiger partial charge on any atom is 0.133 e. The van der Waals surface area contributed by atoms with Gasteiger partial charge in [-0.3, -0.25) is 0 Å². The zero-order chi connectivity index (χ0) is 14.7. The average Bonchev–Trinajstić information content (AvgIpc) is 2.38. The summed E-state index contributed by atoms with van der Waals surface area (Å²) < 4.78 is 6.21. The summed E-state index contributed by atoms with van der Waals surface area (Å²) >= 11 is 9.69. The Morgan fingerprint density at radius 1 is 1.15 bits per heavy atom. The highest BCUT2D eigenvalue weighted by molar-refractivity contribution is 9.10. The lowest BCUT2D eigenvalue weighted by Crippen LogP contribution is -2.17. The molecule has 1 unspecified atom stereocenters. The summed E-state index contributed by atoms with van der Waals surface area (Å²) in [6, 6.07) is 12.3. The molecule has 0 fully saturated rings. The fourth-order valence-corrected chi connectivity index (χ4v) is 3.18. The lowest BCUT2D eigenvalue weighted by atomic mass is 9.97. The predicted molar refractivity (Wildman–Crippen MR) is 87.8 cm³/mol. The van der Waals surface area contributed by atoms with E-state index in [4.69, 9.17) is 16.3 Å². The van der Waals surface area contributed by atoms with Crippen LogP contribution in [0.4, 0.5) is 0 Å². The normalized spacial score (nSPS) is 12.2. The molecule has 0 saturated carbocycles. The van der Waals surface area contributed by atoms with Crippen molar-refractivity contribution in [1.82, 2.24) is 5.32 Å². The molecule has 0 saturated heterocycles. The van der Waals surface area contributed by atoms with E-state index in [1.54, 1.807) is 7.11 Å². The van der Waals surface area contributed by atoms with Gasteiger partial charge >= 0.3 is 0 Å². The molecule has 0 amide bonds. The van der Waals surface area contributed by atoms with Crippen molar-refractivity contribution < 1.29 is 4.74 Å². The molecule has 0 heterocycles. The molecule has 1 N–H and O–H groups in total. The van der Waals surface area contributed by atoms with Gasteiger partial charge in [-0.05, 0) is 70.9 Å². The zero-order valence-electron chi connectivity index (χ0n) is 11.7. The molecule has 2 nitrogen and oxygen atoms in total. The van der Waals surface area contributed by atoms with Gasteiger partial charge < -0.3 is 10.1 Å². The number of hydrogen-bond acceptors (Lipinski definition) is 2. The van der Waals surface area contributed by atoms with Crippen molar-refractivity contribution in [2.75, 3.05) is 14.2 Å². The second-order valence-electron chi connectivity index (χ2n) is 4.68. The van der Waals surface area contributed by atoms with Crippen molar-refractivity contribution in [3.8, 4) is 5.75 Å². The van der Waals surface area contributed by atoms with Crippen molar-refractivity contribution >= 4 is 27.5 Å². The predicted octanol–water partition coefficient (Wildman–Crippen LogP) is 4.73. The number of aryl methyl sites for hydroxylation is 1. The Labute approximate surface area is 133 Å². The van der Waals surface area contributed by atoms with E-state index in [2.05, 4.69) is 39.4 Å². The second-order valence-corrected chi connectivity index (χ2v) is 5.97.